The van der Waals surface area contributed by atoms with Crippen molar-refractivity contribution in [2.45, 2.75) is 93.3 Å². The Morgan fingerprint density at radius 2 is 1.81 bits per heavy atom. The Kier molecular flexibility index (Phi) is 7.50. The van der Waals surface area contributed by atoms with Crippen molar-refractivity contribution in [2.24, 2.45) is 17.8 Å². The predicted octanol–water partition coefficient (Wildman–Crippen LogP) is 3.48. The number of carbonyl (C=O) groups excluding carboxylic acids is 2. The minimum absolute atomic E-state index is 0.230. The Morgan fingerprint density at radius 1 is 1.09 bits per heavy atom. The van der Waals surface area contributed by atoms with Gasteiger partial charge in [0.2, 0.25) is 0 Å². The molecule has 3 aliphatic heterocycles. The molecule has 250 valence electrons. The first kappa shape index (κ1) is 32.3. The number of fused-ring (bicyclic) bond motifs is 3. The molecule has 0 radical (unpaired) electrons. The molecule has 3 N–H and O–H groups in total. The van der Waals surface area contributed by atoms with Gasteiger partial charge in [-0.25, -0.2) is 4.79 Å². The van der Waals surface area contributed by atoms with E-state index in [4.69, 9.17) is 23.7 Å². The fraction of sp³-hybridized carbons (Fsp3) is 0.514. The van der Waals surface area contributed by atoms with E-state index in [0.29, 0.717) is 11.1 Å². The van der Waals surface area contributed by atoms with E-state index in [1.165, 1.54) is 0 Å². The Bertz CT molecular complexity index is 1610. The van der Waals surface area contributed by atoms with E-state index in [1.807, 2.05) is 19.1 Å². The van der Waals surface area contributed by atoms with E-state index in [9.17, 15) is 24.9 Å². The molecule has 47 heavy (non-hydrogen) atoms. The van der Waals surface area contributed by atoms with E-state index in [2.05, 4.69) is 19.6 Å². The summed E-state index contributed by atoms with van der Waals surface area (Å²) in [5.74, 6) is -5.89. The van der Waals surface area contributed by atoms with Gasteiger partial charge in [0, 0.05) is 23.8 Å². The molecule has 2 saturated carbocycles. The minimum atomic E-state index is -2.42. The first-order chi connectivity index (χ1) is 22.4. The van der Waals surface area contributed by atoms with Crippen molar-refractivity contribution in [1.82, 2.24) is 0 Å². The van der Waals surface area contributed by atoms with Gasteiger partial charge >= 0.3 is 11.9 Å². The first-order valence-electron chi connectivity index (χ1n) is 16.3. The summed E-state index contributed by atoms with van der Waals surface area (Å²) < 4.78 is 33.1. The van der Waals surface area contributed by atoms with E-state index in [1.54, 1.807) is 68.5 Å². The zero-order valence-corrected chi connectivity index (χ0v) is 27.0. The molecular weight excluding hydrogens is 604 g/mol. The normalized spacial score (nSPS) is 46.0. The Labute approximate surface area is 274 Å². The largest absolute Gasteiger partial charge is 0.455 e. The van der Waals surface area contributed by atoms with Gasteiger partial charge in [0.15, 0.2) is 17.0 Å². The second-order valence-electron chi connectivity index (χ2n) is 13.8. The fourth-order valence-electron chi connectivity index (χ4n) is 9.03. The number of ether oxygens (including phenoxy) is 5. The molecule has 7 rings (SSSR count). The second kappa shape index (κ2) is 10.9. The summed E-state index contributed by atoms with van der Waals surface area (Å²) in [5, 5.41) is 34.9. The second-order valence-corrected chi connectivity index (χ2v) is 13.8. The third-order valence-corrected chi connectivity index (χ3v) is 11.2. The maximum atomic E-state index is 13.8. The lowest BCUT2D eigenvalue weighted by molar-refractivity contribution is -0.407. The maximum absolute atomic E-state index is 13.8. The fourth-order valence-corrected chi connectivity index (χ4v) is 9.03. The SMILES string of the molecule is C=C(C)[C@@]12OC3(/C=C/C=C/C=C/CCC)O[C@@H]1[C@@H]1[C@@H]4O[C@]4(CO)[C@@H](O)[C@]4(O)C(=O)C(C)=C[C@H]4[C@@]1(O3)[C@H](C)[C@H]2OC(=O)c1ccccc1. The van der Waals surface area contributed by atoms with Crippen LogP contribution in [-0.4, -0.2) is 86.5 Å². The summed E-state index contributed by atoms with van der Waals surface area (Å²) in [5.41, 5.74) is -6.08. The smallest absolute Gasteiger partial charge is 0.338 e. The van der Waals surface area contributed by atoms with Crippen molar-refractivity contribution in [1.29, 1.82) is 0 Å². The van der Waals surface area contributed by atoms with E-state index < -0.39 is 88.9 Å². The highest BCUT2D eigenvalue weighted by Gasteiger charge is 2.90. The molecule has 12 atom stereocenters. The lowest BCUT2D eigenvalue weighted by Crippen LogP contribution is -2.76. The van der Waals surface area contributed by atoms with Crippen LogP contribution in [0.15, 0.2) is 90.6 Å². The monoisotopic (exact) mass is 646 g/mol. The van der Waals surface area contributed by atoms with Crippen molar-refractivity contribution in [2.75, 3.05) is 6.61 Å². The number of esters is 1. The zero-order chi connectivity index (χ0) is 33.6. The number of epoxide rings is 1. The molecule has 10 nitrogen and oxygen atoms in total. The van der Waals surface area contributed by atoms with Gasteiger partial charge in [0.25, 0.3) is 0 Å². The lowest BCUT2D eigenvalue weighted by Gasteiger charge is -2.61. The summed E-state index contributed by atoms with van der Waals surface area (Å²) in [4.78, 5) is 27.6. The number of hydrogen-bond donors (Lipinski definition) is 3. The molecule has 5 fully saturated rings. The zero-order valence-electron chi connectivity index (χ0n) is 27.0. The van der Waals surface area contributed by atoms with Crippen molar-refractivity contribution >= 4 is 11.8 Å². The molecule has 0 amide bonds. The number of hydrogen-bond acceptors (Lipinski definition) is 10. The van der Waals surface area contributed by atoms with E-state index in [-0.39, 0.29) is 5.57 Å². The van der Waals surface area contributed by atoms with Crippen molar-refractivity contribution < 1.29 is 48.6 Å². The molecule has 1 unspecified atom stereocenters. The number of allylic oxidation sites excluding steroid dienone is 5. The van der Waals surface area contributed by atoms with Crippen LogP contribution < -0.4 is 0 Å². The highest BCUT2D eigenvalue weighted by atomic mass is 16.9. The molecule has 3 aliphatic carbocycles. The van der Waals surface area contributed by atoms with Crippen LogP contribution in [0.25, 0.3) is 0 Å². The minimum Gasteiger partial charge on any atom is -0.455 e. The van der Waals surface area contributed by atoms with Crippen LogP contribution in [0.2, 0.25) is 0 Å². The van der Waals surface area contributed by atoms with Crippen LogP contribution in [0.1, 0.15) is 50.9 Å². The quantitative estimate of drug-likeness (QED) is 0.158. The van der Waals surface area contributed by atoms with Crippen LogP contribution in [0.5, 0.6) is 0 Å². The average Bonchev–Trinajstić information content (AvgIpc) is 3.69. The summed E-state index contributed by atoms with van der Waals surface area (Å²) in [6.45, 7) is 10.9. The average molecular weight is 647 g/mol. The van der Waals surface area contributed by atoms with Crippen molar-refractivity contribution in [3.05, 3.63) is 96.2 Å². The number of aliphatic hydroxyl groups is 3. The van der Waals surface area contributed by atoms with Crippen LogP contribution in [0.4, 0.5) is 0 Å². The molecule has 0 aromatic heterocycles. The summed E-state index contributed by atoms with van der Waals surface area (Å²) in [6, 6.07) is 8.55. The number of Topliss-reactive ketones (excluding diaryl/α,β-unsaturated/α-hetero) is 1. The molecule has 10 heteroatoms. The Morgan fingerprint density at radius 3 is 2.49 bits per heavy atom. The molecule has 1 aromatic rings. The molecule has 3 saturated heterocycles. The van der Waals surface area contributed by atoms with Gasteiger partial charge in [-0.15, -0.1) is 0 Å². The third kappa shape index (κ3) is 4.10. The van der Waals surface area contributed by atoms with Gasteiger partial charge in [-0.2, -0.15) is 0 Å². The number of rotatable bonds is 9. The Hall–Kier alpha value is -3.22. The van der Waals surface area contributed by atoms with Crippen LogP contribution >= 0.6 is 0 Å². The number of benzene rings is 1. The van der Waals surface area contributed by atoms with Gasteiger partial charge in [-0.3, -0.25) is 4.79 Å². The van der Waals surface area contributed by atoms with Crippen LogP contribution in [-0.2, 0) is 28.5 Å². The molecule has 3 heterocycles. The summed E-state index contributed by atoms with van der Waals surface area (Å²) in [7, 11) is 0. The van der Waals surface area contributed by atoms with Crippen LogP contribution in [0, 0.1) is 17.8 Å². The van der Waals surface area contributed by atoms with Gasteiger partial charge in [-0.1, -0.05) is 81.5 Å². The predicted molar refractivity (Wildman–Crippen MR) is 169 cm³/mol. The van der Waals surface area contributed by atoms with Crippen LogP contribution in [0.3, 0.4) is 0 Å². The molecule has 1 aromatic carbocycles. The highest BCUT2D eigenvalue weighted by molar-refractivity contribution is 6.05. The summed E-state index contributed by atoms with van der Waals surface area (Å²) in [6.07, 6.45) is 9.87. The highest BCUT2D eigenvalue weighted by Crippen LogP contribution is 2.73. The van der Waals surface area contributed by atoms with E-state index >= 15 is 0 Å². The maximum Gasteiger partial charge on any atom is 0.338 e. The van der Waals surface area contributed by atoms with Crippen molar-refractivity contribution in [3.63, 3.8) is 0 Å². The van der Waals surface area contributed by atoms with Crippen molar-refractivity contribution in [3.8, 4) is 0 Å². The molecular formula is C37H42O10. The molecule has 3 bridgehead atoms. The topological polar surface area (TPSA) is 144 Å². The number of aliphatic hydroxyl groups excluding tert-OH is 2. The van der Waals surface area contributed by atoms with Gasteiger partial charge < -0.3 is 39.0 Å². The van der Waals surface area contributed by atoms with E-state index in [0.717, 1.165) is 12.8 Å². The Balaban J connectivity index is 1.43. The number of carbonyl (C=O) groups is 2. The summed E-state index contributed by atoms with van der Waals surface area (Å²) >= 11 is 0. The lowest BCUT2D eigenvalue weighted by atomic mass is 9.53. The number of unbranched alkanes of at least 4 members (excludes halogenated alkanes) is 1. The van der Waals surface area contributed by atoms with Gasteiger partial charge in [-0.05, 0) is 43.5 Å². The molecule has 0 spiro atoms. The van der Waals surface area contributed by atoms with Gasteiger partial charge in [0.1, 0.15) is 30.0 Å². The molecule has 6 aliphatic rings. The van der Waals surface area contributed by atoms with Gasteiger partial charge in [0.05, 0.1) is 17.8 Å². The number of ketones is 1. The standard InChI is InChI=1S/C37H42O10/c1-6-7-8-9-10-11-15-18-34-45-30-26-29-33(20-38,44-29)32(41)35(42)25(19-22(4)27(35)39)37(26,47-34)23(5)28(36(30,46-34)21(2)3)43-31(40)24-16-13-12-14-17-24/h8-19,23,25-26,28-30,32,38,41-42H,2,6-7,20H2,1,3-5H3/b9-8+,11-10+,18-15+/t23-,25-,26+,28-,29+,30-,32-,33+,34?,35-,36+,37+/m1/s1. The third-order valence-electron chi connectivity index (χ3n) is 11.2. The first-order valence-corrected chi connectivity index (χ1v) is 16.3.